The van der Waals surface area contributed by atoms with Gasteiger partial charge in [-0.3, -0.25) is 10.2 Å². The van der Waals surface area contributed by atoms with Gasteiger partial charge in [0.15, 0.2) is 0 Å². The predicted octanol–water partition coefficient (Wildman–Crippen LogP) is 4.57. The molecule has 0 atom stereocenters. The number of hydrazine groups is 1. The second-order valence-electron chi connectivity index (χ2n) is 5.26. The van der Waals surface area contributed by atoms with Crippen LogP contribution < -0.4 is 11.3 Å². The standard InChI is InChI=1S/C18H32N2O/c1-2-3-4-5-6-7-8-9-10-11-12-13-14-15-16-17-18(21)20-19/h5-10H,2-4,11-17,19H2,1H3,(H,20,21)/b6-5+,8-7-,10-9-. The summed E-state index contributed by atoms with van der Waals surface area (Å²) in [6, 6.07) is 0. The summed E-state index contributed by atoms with van der Waals surface area (Å²) >= 11 is 0. The molecule has 0 saturated carbocycles. The van der Waals surface area contributed by atoms with Crippen molar-refractivity contribution in [3.8, 4) is 0 Å². The quantitative estimate of drug-likeness (QED) is 0.172. The van der Waals surface area contributed by atoms with Crippen LogP contribution in [0.1, 0.15) is 71.1 Å². The van der Waals surface area contributed by atoms with Crippen LogP contribution in [0.3, 0.4) is 0 Å². The number of carbonyl (C=O) groups is 1. The van der Waals surface area contributed by atoms with E-state index in [1.807, 2.05) is 0 Å². The van der Waals surface area contributed by atoms with Crippen LogP contribution in [0.25, 0.3) is 0 Å². The number of allylic oxidation sites excluding steroid dienone is 6. The molecule has 3 nitrogen and oxygen atoms in total. The molecule has 0 aliphatic rings. The average molecular weight is 292 g/mol. The highest BCUT2D eigenvalue weighted by Gasteiger charge is 1.96. The van der Waals surface area contributed by atoms with Crippen molar-refractivity contribution in [2.75, 3.05) is 0 Å². The summed E-state index contributed by atoms with van der Waals surface area (Å²) in [7, 11) is 0. The summed E-state index contributed by atoms with van der Waals surface area (Å²) in [5.74, 6) is 4.95. The summed E-state index contributed by atoms with van der Waals surface area (Å²) in [5.41, 5.74) is 2.16. The molecule has 0 aromatic carbocycles. The monoisotopic (exact) mass is 292 g/mol. The first-order valence-electron chi connectivity index (χ1n) is 8.29. The SMILES string of the molecule is CCCC/C=C/C=C\C=C/CCCCCCCC(=O)NN. The fourth-order valence-electron chi connectivity index (χ4n) is 1.95. The van der Waals surface area contributed by atoms with Gasteiger partial charge < -0.3 is 0 Å². The number of carbonyl (C=O) groups excluding carboxylic acids is 1. The van der Waals surface area contributed by atoms with E-state index in [4.69, 9.17) is 5.84 Å². The minimum absolute atomic E-state index is 0.0616. The molecule has 0 saturated heterocycles. The third-order valence-electron chi connectivity index (χ3n) is 3.27. The van der Waals surface area contributed by atoms with Crippen molar-refractivity contribution >= 4 is 5.91 Å². The Balaban J connectivity index is 3.30. The molecule has 0 heterocycles. The zero-order chi connectivity index (χ0) is 15.6. The Hall–Kier alpha value is -1.35. The second-order valence-corrected chi connectivity index (χ2v) is 5.26. The van der Waals surface area contributed by atoms with Gasteiger partial charge in [0.2, 0.25) is 5.91 Å². The molecule has 0 aliphatic heterocycles. The molecule has 21 heavy (non-hydrogen) atoms. The molecule has 0 aliphatic carbocycles. The molecule has 0 spiro atoms. The van der Waals surface area contributed by atoms with E-state index in [0.717, 1.165) is 19.3 Å². The van der Waals surface area contributed by atoms with Crippen LogP contribution in [0, 0.1) is 0 Å². The van der Waals surface area contributed by atoms with Gasteiger partial charge in [-0.2, -0.15) is 0 Å². The zero-order valence-electron chi connectivity index (χ0n) is 13.5. The van der Waals surface area contributed by atoms with Crippen molar-refractivity contribution in [3.05, 3.63) is 36.5 Å². The van der Waals surface area contributed by atoms with Gasteiger partial charge in [-0.05, 0) is 25.7 Å². The Kier molecular flexibility index (Phi) is 15.6. The maximum Gasteiger partial charge on any atom is 0.233 e. The number of hydrogen-bond acceptors (Lipinski definition) is 2. The molecular weight excluding hydrogens is 260 g/mol. The first-order valence-corrected chi connectivity index (χ1v) is 8.29. The van der Waals surface area contributed by atoms with Crippen molar-refractivity contribution in [1.82, 2.24) is 5.43 Å². The second kappa shape index (κ2) is 16.7. The molecular formula is C18H32N2O. The number of amides is 1. The van der Waals surface area contributed by atoms with E-state index < -0.39 is 0 Å². The van der Waals surface area contributed by atoms with Crippen LogP contribution in [0.5, 0.6) is 0 Å². The fraction of sp³-hybridized carbons (Fsp3) is 0.611. The Morgan fingerprint density at radius 2 is 1.43 bits per heavy atom. The van der Waals surface area contributed by atoms with Crippen LogP contribution >= 0.6 is 0 Å². The van der Waals surface area contributed by atoms with Crippen LogP contribution in [-0.4, -0.2) is 5.91 Å². The molecule has 120 valence electrons. The lowest BCUT2D eigenvalue weighted by molar-refractivity contribution is -0.121. The molecule has 0 radical (unpaired) electrons. The maximum atomic E-state index is 10.9. The van der Waals surface area contributed by atoms with Crippen molar-refractivity contribution in [3.63, 3.8) is 0 Å². The van der Waals surface area contributed by atoms with Gasteiger partial charge in [-0.1, -0.05) is 75.5 Å². The van der Waals surface area contributed by atoms with Gasteiger partial charge in [-0.15, -0.1) is 0 Å². The Labute approximate surface area is 130 Å². The highest BCUT2D eigenvalue weighted by Crippen LogP contribution is 2.07. The Morgan fingerprint density at radius 3 is 2.05 bits per heavy atom. The molecule has 1 amide bonds. The summed E-state index contributed by atoms with van der Waals surface area (Å²) in [6.45, 7) is 2.21. The van der Waals surface area contributed by atoms with E-state index in [1.165, 1.54) is 38.5 Å². The summed E-state index contributed by atoms with van der Waals surface area (Å²) in [6.07, 6.45) is 24.0. The normalized spacial score (nSPS) is 11.9. The lowest BCUT2D eigenvalue weighted by atomic mass is 10.1. The van der Waals surface area contributed by atoms with Gasteiger partial charge in [0.25, 0.3) is 0 Å². The van der Waals surface area contributed by atoms with Crippen LogP contribution in [0.2, 0.25) is 0 Å². The highest BCUT2D eigenvalue weighted by atomic mass is 16.2. The van der Waals surface area contributed by atoms with Crippen molar-refractivity contribution in [2.45, 2.75) is 71.1 Å². The average Bonchev–Trinajstić information content (AvgIpc) is 2.50. The van der Waals surface area contributed by atoms with E-state index in [2.05, 4.69) is 48.8 Å². The predicted molar refractivity (Wildman–Crippen MR) is 91.6 cm³/mol. The number of nitrogens with two attached hydrogens (primary N) is 1. The van der Waals surface area contributed by atoms with Crippen molar-refractivity contribution in [1.29, 1.82) is 0 Å². The lowest BCUT2D eigenvalue weighted by Gasteiger charge is -2.00. The maximum absolute atomic E-state index is 10.9. The summed E-state index contributed by atoms with van der Waals surface area (Å²) in [5, 5.41) is 0. The summed E-state index contributed by atoms with van der Waals surface area (Å²) < 4.78 is 0. The van der Waals surface area contributed by atoms with Gasteiger partial charge >= 0.3 is 0 Å². The van der Waals surface area contributed by atoms with E-state index in [0.29, 0.717) is 6.42 Å². The van der Waals surface area contributed by atoms with E-state index in [9.17, 15) is 4.79 Å². The molecule has 0 unspecified atom stereocenters. The fourth-order valence-corrected chi connectivity index (χ4v) is 1.95. The molecule has 0 fully saturated rings. The third kappa shape index (κ3) is 16.6. The molecule has 3 heteroatoms. The first-order chi connectivity index (χ1) is 10.3. The van der Waals surface area contributed by atoms with Gasteiger partial charge in [-0.25, -0.2) is 5.84 Å². The van der Waals surface area contributed by atoms with Crippen molar-refractivity contribution in [2.24, 2.45) is 5.84 Å². The number of unbranched alkanes of at least 4 members (excludes halogenated alkanes) is 7. The minimum Gasteiger partial charge on any atom is -0.294 e. The van der Waals surface area contributed by atoms with Gasteiger partial charge in [0, 0.05) is 6.42 Å². The minimum atomic E-state index is -0.0616. The Bertz CT molecular complexity index is 319. The van der Waals surface area contributed by atoms with Gasteiger partial charge in [0.1, 0.15) is 0 Å². The van der Waals surface area contributed by atoms with E-state index in [-0.39, 0.29) is 5.91 Å². The van der Waals surface area contributed by atoms with Crippen molar-refractivity contribution < 1.29 is 4.79 Å². The number of rotatable bonds is 13. The molecule has 0 aromatic rings. The zero-order valence-corrected chi connectivity index (χ0v) is 13.5. The topological polar surface area (TPSA) is 55.1 Å². The Morgan fingerprint density at radius 1 is 0.857 bits per heavy atom. The van der Waals surface area contributed by atoms with Gasteiger partial charge in [0.05, 0.1) is 0 Å². The van der Waals surface area contributed by atoms with Crippen LogP contribution in [-0.2, 0) is 4.79 Å². The lowest BCUT2D eigenvalue weighted by Crippen LogP contribution is -2.29. The van der Waals surface area contributed by atoms with Crippen LogP contribution in [0.4, 0.5) is 0 Å². The first kappa shape index (κ1) is 19.7. The molecule has 0 aromatic heterocycles. The summed E-state index contributed by atoms with van der Waals surface area (Å²) in [4.78, 5) is 10.9. The molecule has 0 rings (SSSR count). The van der Waals surface area contributed by atoms with E-state index >= 15 is 0 Å². The number of hydrogen-bond donors (Lipinski definition) is 2. The van der Waals surface area contributed by atoms with E-state index in [1.54, 1.807) is 0 Å². The third-order valence-corrected chi connectivity index (χ3v) is 3.27. The largest absolute Gasteiger partial charge is 0.294 e. The number of nitrogens with one attached hydrogen (secondary N) is 1. The highest BCUT2D eigenvalue weighted by molar-refractivity contribution is 5.74. The molecule has 3 N–H and O–H groups in total. The smallest absolute Gasteiger partial charge is 0.233 e. The molecule has 0 bridgehead atoms. The van der Waals surface area contributed by atoms with Crippen LogP contribution in [0.15, 0.2) is 36.5 Å².